The van der Waals surface area contributed by atoms with Crippen molar-refractivity contribution in [2.24, 2.45) is 0 Å². The number of nitrogens with zero attached hydrogens (tertiary/aromatic N) is 1. The molecule has 0 fully saturated rings. The Morgan fingerprint density at radius 2 is 2.16 bits per heavy atom. The van der Waals surface area contributed by atoms with E-state index in [0.29, 0.717) is 15.2 Å². The van der Waals surface area contributed by atoms with Gasteiger partial charge in [-0.05, 0) is 46.6 Å². The predicted octanol–water partition coefficient (Wildman–Crippen LogP) is 4.30. The Morgan fingerprint density at radius 3 is 2.84 bits per heavy atom. The van der Waals surface area contributed by atoms with Crippen LogP contribution in [-0.2, 0) is 0 Å². The lowest BCUT2D eigenvalue weighted by molar-refractivity contribution is 0.0693. The maximum atomic E-state index is 11.1. The van der Waals surface area contributed by atoms with Gasteiger partial charge in [0.25, 0.3) is 0 Å². The Kier molecular flexibility index (Phi) is 4.07. The van der Waals surface area contributed by atoms with Crippen LogP contribution < -0.4 is 4.74 Å². The van der Waals surface area contributed by atoms with Crippen LogP contribution in [0.4, 0.5) is 0 Å². The number of benzene rings is 1. The minimum absolute atomic E-state index is 0.00296. The summed E-state index contributed by atoms with van der Waals surface area (Å²) in [5.74, 6) is -0.741. The first-order chi connectivity index (χ1) is 8.97. The number of carboxylic acids is 1. The summed E-state index contributed by atoms with van der Waals surface area (Å²) in [6.07, 6.45) is 1.46. The Balaban J connectivity index is 2.43. The zero-order valence-corrected chi connectivity index (χ0v) is 12.2. The summed E-state index contributed by atoms with van der Waals surface area (Å²) in [5.41, 5.74) is 0.917. The highest BCUT2D eigenvalue weighted by atomic mass is 79.9. The van der Waals surface area contributed by atoms with Gasteiger partial charge in [0.15, 0.2) is 0 Å². The van der Waals surface area contributed by atoms with E-state index in [1.807, 2.05) is 13.0 Å². The lowest BCUT2D eigenvalue weighted by atomic mass is 10.2. The highest BCUT2D eigenvalue weighted by Crippen LogP contribution is 2.31. The van der Waals surface area contributed by atoms with Crippen LogP contribution in [0.15, 0.2) is 34.9 Å². The van der Waals surface area contributed by atoms with Gasteiger partial charge in [0.1, 0.15) is 11.3 Å². The molecule has 0 radical (unpaired) electrons. The van der Waals surface area contributed by atoms with Crippen molar-refractivity contribution in [2.45, 2.75) is 6.92 Å². The van der Waals surface area contributed by atoms with Crippen molar-refractivity contribution in [2.75, 3.05) is 0 Å². The molecule has 0 atom stereocenters. The van der Waals surface area contributed by atoms with E-state index in [0.717, 1.165) is 5.56 Å². The highest BCUT2D eigenvalue weighted by molar-refractivity contribution is 9.10. The second-order valence-corrected chi connectivity index (χ2v) is 5.17. The molecule has 0 aliphatic heterocycles. The summed E-state index contributed by atoms with van der Waals surface area (Å²) >= 11 is 9.17. The lowest BCUT2D eigenvalue weighted by Crippen LogP contribution is -2.02. The van der Waals surface area contributed by atoms with Gasteiger partial charge >= 0.3 is 5.97 Å². The fraction of sp³-hybridized carbons (Fsp3) is 0.0769. The molecule has 2 rings (SSSR count). The first-order valence-corrected chi connectivity index (χ1v) is 6.47. The molecule has 0 unspecified atom stereocenters. The number of hydrogen-bond donors (Lipinski definition) is 1. The fourth-order valence-electron chi connectivity index (χ4n) is 1.45. The third-order valence-electron chi connectivity index (χ3n) is 2.34. The molecule has 0 aliphatic rings. The summed E-state index contributed by atoms with van der Waals surface area (Å²) in [6.45, 7) is 1.89. The standard InChI is InChI=1S/C13H9BrClNO3/c1-7-2-3-10(15)11(4-7)19-12-9(13(17)18)5-8(14)6-16-12/h2-6H,1H3,(H,17,18). The van der Waals surface area contributed by atoms with E-state index < -0.39 is 5.97 Å². The van der Waals surface area contributed by atoms with Crippen molar-refractivity contribution < 1.29 is 14.6 Å². The normalized spacial score (nSPS) is 10.3. The molecule has 0 spiro atoms. The number of aromatic carboxylic acids is 1. The molecule has 1 aromatic carbocycles. The van der Waals surface area contributed by atoms with Crippen LogP contribution in [0.2, 0.25) is 5.02 Å². The third kappa shape index (κ3) is 3.24. The van der Waals surface area contributed by atoms with Crippen LogP contribution >= 0.6 is 27.5 Å². The zero-order chi connectivity index (χ0) is 14.0. The maximum Gasteiger partial charge on any atom is 0.341 e. The Bertz CT molecular complexity index is 646. The second-order valence-electron chi connectivity index (χ2n) is 3.85. The number of rotatable bonds is 3. The number of carbonyl (C=O) groups is 1. The molecule has 98 valence electrons. The quantitative estimate of drug-likeness (QED) is 0.903. The Labute approximate surface area is 123 Å². The van der Waals surface area contributed by atoms with Crippen molar-refractivity contribution in [3.05, 3.63) is 51.1 Å². The van der Waals surface area contributed by atoms with E-state index in [-0.39, 0.29) is 11.4 Å². The molecular weight excluding hydrogens is 334 g/mol. The van der Waals surface area contributed by atoms with Gasteiger partial charge in [0.05, 0.1) is 5.02 Å². The smallest absolute Gasteiger partial charge is 0.341 e. The van der Waals surface area contributed by atoms with Crippen molar-refractivity contribution in [1.82, 2.24) is 4.98 Å². The van der Waals surface area contributed by atoms with Crippen molar-refractivity contribution >= 4 is 33.5 Å². The van der Waals surface area contributed by atoms with Gasteiger partial charge in [-0.2, -0.15) is 0 Å². The van der Waals surface area contributed by atoms with Crippen LogP contribution in [0.5, 0.6) is 11.6 Å². The average molecular weight is 343 g/mol. The highest BCUT2D eigenvalue weighted by Gasteiger charge is 2.15. The molecule has 1 aromatic heterocycles. The summed E-state index contributed by atoms with van der Waals surface area (Å²) in [6, 6.07) is 6.67. The molecule has 19 heavy (non-hydrogen) atoms. The lowest BCUT2D eigenvalue weighted by Gasteiger charge is -2.09. The summed E-state index contributed by atoms with van der Waals surface area (Å²) in [5, 5.41) is 9.51. The molecule has 6 heteroatoms. The Morgan fingerprint density at radius 1 is 1.42 bits per heavy atom. The Hall–Kier alpha value is -1.59. The molecule has 1 N–H and O–H groups in total. The van der Waals surface area contributed by atoms with Crippen LogP contribution in [-0.4, -0.2) is 16.1 Å². The topological polar surface area (TPSA) is 59.4 Å². The molecule has 0 saturated heterocycles. The van der Waals surface area contributed by atoms with Crippen LogP contribution in [0.25, 0.3) is 0 Å². The van der Waals surface area contributed by atoms with E-state index in [4.69, 9.17) is 21.4 Å². The average Bonchev–Trinajstić information content (AvgIpc) is 2.35. The third-order valence-corrected chi connectivity index (χ3v) is 3.09. The minimum Gasteiger partial charge on any atom is -0.477 e. The van der Waals surface area contributed by atoms with Crippen molar-refractivity contribution in [3.63, 3.8) is 0 Å². The van der Waals surface area contributed by atoms with Gasteiger partial charge < -0.3 is 9.84 Å². The molecule has 0 saturated carbocycles. The van der Waals surface area contributed by atoms with E-state index >= 15 is 0 Å². The van der Waals surface area contributed by atoms with Gasteiger partial charge in [-0.25, -0.2) is 9.78 Å². The number of aromatic nitrogens is 1. The maximum absolute atomic E-state index is 11.1. The number of aryl methyl sites for hydroxylation is 1. The summed E-state index contributed by atoms with van der Waals surface area (Å²) in [4.78, 5) is 15.1. The number of ether oxygens (including phenoxy) is 1. The molecule has 4 nitrogen and oxygen atoms in total. The van der Waals surface area contributed by atoms with Gasteiger partial charge in [-0.1, -0.05) is 17.7 Å². The van der Waals surface area contributed by atoms with Gasteiger partial charge in [-0.3, -0.25) is 0 Å². The number of halogens is 2. The zero-order valence-electron chi connectivity index (χ0n) is 9.85. The first-order valence-electron chi connectivity index (χ1n) is 5.30. The van der Waals surface area contributed by atoms with E-state index in [9.17, 15) is 4.79 Å². The number of carboxylic acid groups (broad SMARTS) is 1. The minimum atomic E-state index is -1.12. The van der Waals surface area contributed by atoms with Gasteiger partial charge in [-0.15, -0.1) is 0 Å². The SMILES string of the molecule is Cc1ccc(Cl)c(Oc2ncc(Br)cc2C(=O)O)c1. The van der Waals surface area contributed by atoms with Gasteiger partial charge in [0, 0.05) is 10.7 Å². The molecule has 0 amide bonds. The molecule has 0 bridgehead atoms. The number of hydrogen-bond acceptors (Lipinski definition) is 3. The van der Waals surface area contributed by atoms with Crippen molar-refractivity contribution in [3.8, 4) is 11.6 Å². The van der Waals surface area contributed by atoms with Crippen LogP contribution in [0, 0.1) is 6.92 Å². The van der Waals surface area contributed by atoms with Crippen LogP contribution in [0.3, 0.4) is 0 Å². The van der Waals surface area contributed by atoms with E-state index in [2.05, 4.69) is 20.9 Å². The van der Waals surface area contributed by atoms with Crippen molar-refractivity contribution in [1.29, 1.82) is 0 Å². The van der Waals surface area contributed by atoms with E-state index in [1.54, 1.807) is 12.1 Å². The van der Waals surface area contributed by atoms with E-state index in [1.165, 1.54) is 12.3 Å². The monoisotopic (exact) mass is 341 g/mol. The molecule has 0 aliphatic carbocycles. The molecular formula is C13H9BrClNO3. The summed E-state index contributed by atoms with van der Waals surface area (Å²) in [7, 11) is 0. The summed E-state index contributed by atoms with van der Waals surface area (Å²) < 4.78 is 6.06. The molecule has 2 aromatic rings. The fourth-order valence-corrected chi connectivity index (χ4v) is 1.94. The predicted molar refractivity (Wildman–Crippen MR) is 75.2 cm³/mol. The van der Waals surface area contributed by atoms with Gasteiger partial charge in [0.2, 0.25) is 5.88 Å². The second kappa shape index (κ2) is 5.59. The number of pyridine rings is 1. The first kappa shape index (κ1) is 13.8. The molecule has 1 heterocycles. The van der Waals surface area contributed by atoms with Crippen LogP contribution in [0.1, 0.15) is 15.9 Å². The largest absolute Gasteiger partial charge is 0.477 e.